The van der Waals surface area contributed by atoms with Gasteiger partial charge in [0, 0.05) is 5.92 Å². The summed E-state index contributed by atoms with van der Waals surface area (Å²) in [6.45, 7) is 1.90. The van der Waals surface area contributed by atoms with Gasteiger partial charge in [0.2, 0.25) is 5.91 Å². The number of rotatable bonds is 4. The van der Waals surface area contributed by atoms with E-state index in [1.54, 1.807) is 7.11 Å². The van der Waals surface area contributed by atoms with Crippen molar-refractivity contribution < 1.29 is 9.53 Å². The fourth-order valence-electron chi connectivity index (χ4n) is 3.80. The van der Waals surface area contributed by atoms with Crippen molar-refractivity contribution in [3.05, 3.63) is 29.8 Å². The maximum absolute atomic E-state index is 12.7. The normalized spacial score (nSPS) is 20.6. The number of carbonyl (C=O) groups excluding carboxylic acids is 1. The first-order valence-corrected chi connectivity index (χ1v) is 8.41. The van der Waals surface area contributed by atoms with E-state index in [-0.39, 0.29) is 29.8 Å². The van der Waals surface area contributed by atoms with E-state index >= 15 is 0 Å². The lowest BCUT2D eigenvalue weighted by Gasteiger charge is -2.34. The number of ether oxygens (including phenoxy) is 1. The highest BCUT2D eigenvalue weighted by atomic mass is 35.5. The van der Waals surface area contributed by atoms with E-state index < -0.39 is 0 Å². The van der Waals surface area contributed by atoms with Gasteiger partial charge in [-0.25, -0.2) is 0 Å². The molecule has 1 saturated carbocycles. The van der Waals surface area contributed by atoms with E-state index in [1.165, 1.54) is 18.4 Å². The Kier molecular flexibility index (Phi) is 6.31. The van der Waals surface area contributed by atoms with Crippen molar-refractivity contribution >= 4 is 18.3 Å². The second-order valence-corrected chi connectivity index (χ2v) is 6.53. The van der Waals surface area contributed by atoms with Crippen LogP contribution in [0.3, 0.4) is 0 Å². The standard InChI is InChI=1S/C18H26N2O2.ClH/c1-22-16-6-4-15(5-7-16)18(10-2-3-11-18)20-17(21)14-8-12-19-13-9-14;/h4-7,14,19H,2-3,8-13H2,1H3,(H,20,21);1H. The molecule has 2 fully saturated rings. The zero-order valence-electron chi connectivity index (χ0n) is 13.8. The Balaban J connectivity index is 0.00000192. The molecular formula is C18H27ClN2O2. The van der Waals surface area contributed by atoms with Gasteiger partial charge < -0.3 is 15.4 Å². The summed E-state index contributed by atoms with van der Waals surface area (Å²) in [6.07, 6.45) is 6.33. The zero-order valence-corrected chi connectivity index (χ0v) is 14.6. The molecule has 2 aliphatic rings. The highest BCUT2D eigenvalue weighted by molar-refractivity contribution is 5.85. The lowest BCUT2D eigenvalue weighted by atomic mass is 9.86. The summed E-state index contributed by atoms with van der Waals surface area (Å²) in [5.74, 6) is 1.26. The van der Waals surface area contributed by atoms with Crippen molar-refractivity contribution in [2.75, 3.05) is 20.2 Å². The van der Waals surface area contributed by atoms with Crippen molar-refractivity contribution in [1.82, 2.24) is 10.6 Å². The van der Waals surface area contributed by atoms with Crippen LogP contribution in [0.15, 0.2) is 24.3 Å². The summed E-state index contributed by atoms with van der Waals surface area (Å²) < 4.78 is 5.25. The van der Waals surface area contributed by atoms with E-state index in [4.69, 9.17) is 4.74 Å². The molecule has 0 unspecified atom stereocenters. The third-order valence-corrected chi connectivity index (χ3v) is 5.17. The topological polar surface area (TPSA) is 50.4 Å². The molecule has 2 N–H and O–H groups in total. The molecule has 1 aliphatic carbocycles. The number of amides is 1. The van der Waals surface area contributed by atoms with Crippen LogP contribution in [0.5, 0.6) is 5.75 Å². The summed E-state index contributed by atoms with van der Waals surface area (Å²) in [5.41, 5.74) is 1.04. The van der Waals surface area contributed by atoms with Crippen LogP contribution < -0.4 is 15.4 Å². The first kappa shape index (κ1) is 18.1. The van der Waals surface area contributed by atoms with Crippen molar-refractivity contribution in [2.45, 2.75) is 44.1 Å². The molecule has 1 aromatic carbocycles. The third-order valence-electron chi connectivity index (χ3n) is 5.17. The largest absolute Gasteiger partial charge is 0.497 e. The number of hydrogen-bond donors (Lipinski definition) is 2. The summed E-state index contributed by atoms with van der Waals surface area (Å²) in [5, 5.41) is 6.73. The van der Waals surface area contributed by atoms with E-state index in [0.29, 0.717) is 0 Å². The maximum Gasteiger partial charge on any atom is 0.223 e. The van der Waals surface area contributed by atoms with Crippen LogP contribution in [0.2, 0.25) is 0 Å². The molecule has 0 radical (unpaired) electrons. The van der Waals surface area contributed by atoms with Gasteiger partial charge in [0.15, 0.2) is 0 Å². The molecule has 1 heterocycles. The quantitative estimate of drug-likeness (QED) is 0.887. The van der Waals surface area contributed by atoms with E-state index in [1.807, 2.05) is 12.1 Å². The Labute approximate surface area is 144 Å². The van der Waals surface area contributed by atoms with E-state index in [2.05, 4.69) is 22.8 Å². The molecule has 0 aromatic heterocycles. The zero-order chi connectivity index (χ0) is 15.4. The number of piperidine rings is 1. The van der Waals surface area contributed by atoms with Gasteiger partial charge in [0.05, 0.1) is 12.6 Å². The van der Waals surface area contributed by atoms with Crippen molar-refractivity contribution in [2.24, 2.45) is 5.92 Å². The van der Waals surface area contributed by atoms with Crippen LogP contribution in [0.4, 0.5) is 0 Å². The van der Waals surface area contributed by atoms with E-state index in [9.17, 15) is 4.79 Å². The van der Waals surface area contributed by atoms with Crippen LogP contribution in [-0.2, 0) is 10.3 Å². The number of carbonyl (C=O) groups is 1. The number of benzene rings is 1. The lowest BCUT2D eigenvalue weighted by Crippen LogP contribution is -2.48. The molecule has 1 amide bonds. The molecule has 0 atom stereocenters. The van der Waals surface area contributed by atoms with E-state index in [0.717, 1.165) is 44.5 Å². The number of hydrogen-bond acceptors (Lipinski definition) is 3. The van der Waals surface area contributed by atoms with Crippen LogP contribution >= 0.6 is 12.4 Å². The van der Waals surface area contributed by atoms with Crippen LogP contribution in [0, 0.1) is 5.92 Å². The van der Waals surface area contributed by atoms with Crippen LogP contribution in [0.25, 0.3) is 0 Å². The van der Waals surface area contributed by atoms with Gasteiger partial charge in [-0.05, 0) is 56.5 Å². The Bertz CT molecular complexity index is 506. The van der Waals surface area contributed by atoms with Gasteiger partial charge in [-0.2, -0.15) is 0 Å². The fourth-order valence-corrected chi connectivity index (χ4v) is 3.80. The second kappa shape index (κ2) is 8.02. The summed E-state index contributed by atoms with van der Waals surface area (Å²) in [4.78, 5) is 12.7. The molecule has 5 heteroatoms. The molecule has 4 nitrogen and oxygen atoms in total. The van der Waals surface area contributed by atoms with Gasteiger partial charge in [-0.3, -0.25) is 4.79 Å². The molecule has 23 heavy (non-hydrogen) atoms. The minimum Gasteiger partial charge on any atom is -0.497 e. The molecule has 128 valence electrons. The Morgan fingerprint density at radius 1 is 1.17 bits per heavy atom. The van der Waals surface area contributed by atoms with Gasteiger partial charge in [-0.1, -0.05) is 25.0 Å². The highest BCUT2D eigenvalue weighted by Gasteiger charge is 2.38. The summed E-state index contributed by atoms with van der Waals surface area (Å²) in [6, 6.07) is 8.19. The lowest BCUT2D eigenvalue weighted by molar-refractivity contribution is -0.127. The molecule has 3 rings (SSSR count). The first-order chi connectivity index (χ1) is 10.7. The number of methoxy groups -OCH3 is 1. The summed E-state index contributed by atoms with van der Waals surface area (Å²) in [7, 11) is 1.68. The van der Waals surface area contributed by atoms with Gasteiger partial charge >= 0.3 is 0 Å². The molecule has 0 spiro atoms. The Morgan fingerprint density at radius 2 is 1.78 bits per heavy atom. The predicted octanol–water partition coefficient (Wildman–Crippen LogP) is 3.00. The monoisotopic (exact) mass is 338 g/mol. The second-order valence-electron chi connectivity index (χ2n) is 6.53. The van der Waals surface area contributed by atoms with Crippen molar-refractivity contribution in [3.63, 3.8) is 0 Å². The fraction of sp³-hybridized carbons (Fsp3) is 0.611. The SMILES string of the molecule is COc1ccc(C2(NC(=O)C3CCNCC3)CCCC2)cc1.Cl. The molecular weight excluding hydrogens is 312 g/mol. The van der Waals surface area contributed by atoms with Crippen molar-refractivity contribution in [1.29, 1.82) is 0 Å². The molecule has 0 bridgehead atoms. The predicted molar refractivity (Wildman–Crippen MR) is 94.1 cm³/mol. The van der Waals surface area contributed by atoms with Crippen molar-refractivity contribution in [3.8, 4) is 5.75 Å². The Morgan fingerprint density at radius 3 is 2.35 bits per heavy atom. The number of halogens is 1. The van der Waals surface area contributed by atoms with Crippen LogP contribution in [-0.4, -0.2) is 26.1 Å². The van der Waals surface area contributed by atoms with Crippen LogP contribution in [0.1, 0.15) is 44.1 Å². The third kappa shape index (κ3) is 3.99. The van der Waals surface area contributed by atoms with Gasteiger partial charge in [-0.15, -0.1) is 12.4 Å². The Hall–Kier alpha value is -1.26. The number of nitrogens with one attached hydrogen (secondary N) is 2. The average Bonchev–Trinajstić information content (AvgIpc) is 3.05. The summed E-state index contributed by atoms with van der Waals surface area (Å²) >= 11 is 0. The maximum atomic E-state index is 12.7. The van der Waals surface area contributed by atoms with Gasteiger partial charge in [0.1, 0.15) is 5.75 Å². The molecule has 1 aliphatic heterocycles. The highest BCUT2D eigenvalue weighted by Crippen LogP contribution is 2.39. The average molecular weight is 339 g/mol. The molecule has 1 saturated heterocycles. The minimum absolute atomic E-state index is 0. The molecule has 1 aromatic rings. The minimum atomic E-state index is -0.172. The van der Waals surface area contributed by atoms with Gasteiger partial charge in [0.25, 0.3) is 0 Å². The smallest absolute Gasteiger partial charge is 0.223 e. The first-order valence-electron chi connectivity index (χ1n) is 8.41.